The molecule has 20 heavy (non-hydrogen) atoms. The van der Waals surface area contributed by atoms with Gasteiger partial charge >= 0.3 is 0 Å². The smallest absolute Gasteiger partial charge is 0.0488 e. The van der Waals surface area contributed by atoms with Crippen LogP contribution in [-0.2, 0) is 0 Å². The second-order valence-electron chi connectivity index (χ2n) is 6.06. The molecule has 2 N–H and O–H groups in total. The topological polar surface area (TPSA) is 29.3 Å². The largest absolute Gasteiger partial charge is 0.329 e. The molecular formula is C16H22BrClN2. The van der Waals surface area contributed by atoms with Crippen molar-refractivity contribution in [2.75, 3.05) is 13.1 Å². The fourth-order valence-corrected chi connectivity index (χ4v) is 4.71. The molecule has 3 unspecified atom stereocenters. The number of nitrogens with two attached hydrogens (primary N) is 1. The van der Waals surface area contributed by atoms with Crippen molar-refractivity contribution in [1.82, 2.24) is 4.90 Å². The van der Waals surface area contributed by atoms with Crippen molar-refractivity contribution in [2.45, 2.75) is 44.2 Å². The predicted octanol–water partition coefficient (Wildman–Crippen LogP) is 4.37. The van der Waals surface area contributed by atoms with E-state index in [9.17, 15) is 0 Å². The first-order valence-electron chi connectivity index (χ1n) is 7.61. The molecule has 1 aromatic rings. The van der Waals surface area contributed by atoms with Crippen molar-refractivity contribution >= 4 is 27.5 Å². The lowest BCUT2D eigenvalue weighted by molar-refractivity contribution is 0.0701. The van der Waals surface area contributed by atoms with E-state index in [4.69, 9.17) is 17.3 Å². The lowest BCUT2D eigenvalue weighted by atomic mass is 9.89. The van der Waals surface area contributed by atoms with Crippen LogP contribution in [0.25, 0.3) is 0 Å². The third-order valence-corrected chi connectivity index (χ3v) is 5.81. The summed E-state index contributed by atoms with van der Waals surface area (Å²) >= 11 is 9.99. The van der Waals surface area contributed by atoms with Crippen molar-refractivity contribution in [2.24, 2.45) is 11.7 Å². The van der Waals surface area contributed by atoms with Gasteiger partial charge in [-0.05, 0) is 61.9 Å². The van der Waals surface area contributed by atoms with E-state index in [1.807, 2.05) is 12.1 Å². The lowest BCUT2D eigenvalue weighted by Crippen LogP contribution is -2.46. The van der Waals surface area contributed by atoms with Crippen molar-refractivity contribution < 1.29 is 0 Å². The molecule has 3 atom stereocenters. The number of benzene rings is 1. The van der Waals surface area contributed by atoms with Gasteiger partial charge in [0.25, 0.3) is 0 Å². The number of piperidine rings is 1. The molecule has 0 amide bonds. The molecule has 4 heteroatoms. The van der Waals surface area contributed by atoms with Gasteiger partial charge in [-0.3, -0.25) is 4.90 Å². The van der Waals surface area contributed by atoms with Gasteiger partial charge in [0.15, 0.2) is 0 Å². The molecule has 2 aliphatic rings. The Morgan fingerprint density at radius 3 is 2.90 bits per heavy atom. The van der Waals surface area contributed by atoms with E-state index in [0.717, 1.165) is 22.0 Å². The summed E-state index contributed by atoms with van der Waals surface area (Å²) in [6.07, 6.45) is 6.78. The van der Waals surface area contributed by atoms with Crippen molar-refractivity contribution in [3.63, 3.8) is 0 Å². The summed E-state index contributed by atoms with van der Waals surface area (Å²) in [4.78, 5) is 2.63. The maximum absolute atomic E-state index is 6.43. The van der Waals surface area contributed by atoms with Crippen LogP contribution in [0, 0.1) is 5.92 Å². The number of halogens is 2. The van der Waals surface area contributed by atoms with E-state index in [0.29, 0.717) is 12.6 Å². The zero-order chi connectivity index (χ0) is 14.1. The van der Waals surface area contributed by atoms with Gasteiger partial charge in [0.1, 0.15) is 0 Å². The molecule has 110 valence electrons. The van der Waals surface area contributed by atoms with Gasteiger partial charge < -0.3 is 5.73 Å². The van der Waals surface area contributed by atoms with E-state index in [-0.39, 0.29) is 6.04 Å². The summed E-state index contributed by atoms with van der Waals surface area (Å²) in [5.74, 6) is 0.878. The predicted molar refractivity (Wildman–Crippen MR) is 88.0 cm³/mol. The van der Waals surface area contributed by atoms with Gasteiger partial charge in [-0.15, -0.1) is 0 Å². The van der Waals surface area contributed by atoms with Crippen LogP contribution in [-0.4, -0.2) is 24.0 Å². The molecule has 1 saturated carbocycles. The Balaban J connectivity index is 1.90. The highest BCUT2D eigenvalue weighted by molar-refractivity contribution is 9.10. The molecule has 2 fully saturated rings. The molecular weight excluding hydrogens is 336 g/mol. The first kappa shape index (κ1) is 14.8. The van der Waals surface area contributed by atoms with E-state index in [1.54, 1.807) is 0 Å². The van der Waals surface area contributed by atoms with Crippen LogP contribution in [0.5, 0.6) is 0 Å². The molecule has 1 aliphatic carbocycles. The Morgan fingerprint density at radius 1 is 1.30 bits per heavy atom. The number of hydrogen-bond donors (Lipinski definition) is 1. The van der Waals surface area contributed by atoms with Crippen LogP contribution < -0.4 is 5.73 Å². The van der Waals surface area contributed by atoms with Crippen LogP contribution in [0.15, 0.2) is 22.7 Å². The van der Waals surface area contributed by atoms with Gasteiger partial charge in [0.2, 0.25) is 0 Å². The maximum Gasteiger partial charge on any atom is 0.0488 e. The summed E-state index contributed by atoms with van der Waals surface area (Å²) in [6.45, 7) is 1.80. The number of rotatable bonds is 3. The molecule has 1 heterocycles. The molecule has 1 aromatic carbocycles. The van der Waals surface area contributed by atoms with Crippen molar-refractivity contribution in [1.29, 1.82) is 0 Å². The summed E-state index contributed by atoms with van der Waals surface area (Å²) in [6, 6.07) is 7.07. The number of fused-ring (bicyclic) bond motifs is 1. The van der Waals surface area contributed by atoms with Gasteiger partial charge in [-0.25, -0.2) is 0 Å². The van der Waals surface area contributed by atoms with Crippen molar-refractivity contribution in [3.8, 4) is 0 Å². The average Bonchev–Trinajstić information content (AvgIpc) is 2.92. The van der Waals surface area contributed by atoms with Crippen LogP contribution in [0.3, 0.4) is 0 Å². The molecule has 0 bridgehead atoms. The lowest BCUT2D eigenvalue weighted by Gasteiger charge is -2.43. The number of nitrogens with zero attached hydrogens (tertiary/aromatic N) is 1. The summed E-state index contributed by atoms with van der Waals surface area (Å²) in [5, 5.41) is 0.837. The van der Waals surface area contributed by atoms with E-state index < -0.39 is 0 Å². The fourth-order valence-electron chi connectivity index (χ4n) is 4.09. The first-order chi connectivity index (χ1) is 9.70. The van der Waals surface area contributed by atoms with E-state index in [1.165, 1.54) is 37.7 Å². The highest BCUT2D eigenvalue weighted by atomic mass is 79.9. The Kier molecular flexibility index (Phi) is 4.71. The zero-order valence-electron chi connectivity index (χ0n) is 11.7. The first-order valence-corrected chi connectivity index (χ1v) is 8.78. The third-order valence-electron chi connectivity index (χ3n) is 4.98. The standard InChI is InChI=1S/C16H22BrClN2/c17-12-6-7-14(18)13(9-12)16(10-19)20-8-2-4-11-3-1-5-15(11)20/h6-7,9,11,15-16H,1-5,8,10,19H2. The summed E-state index contributed by atoms with van der Waals surface area (Å²) in [7, 11) is 0. The Labute approximate surface area is 134 Å². The quantitative estimate of drug-likeness (QED) is 0.870. The number of hydrogen-bond acceptors (Lipinski definition) is 2. The molecule has 2 nitrogen and oxygen atoms in total. The minimum atomic E-state index is 0.255. The van der Waals surface area contributed by atoms with Gasteiger partial charge in [-0.2, -0.15) is 0 Å². The molecule has 0 radical (unpaired) electrons. The monoisotopic (exact) mass is 356 g/mol. The molecule has 1 aliphatic heterocycles. The highest BCUT2D eigenvalue weighted by Gasteiger charge is 2.38. The zero-order valence-corrected chi connectivity index (χ0v) is 14.0. The Hall–Kier alpha value is -0.0900. The maximum atomic E-state index is 6.43. The van der Waals surface area contributed by atoms with Crippen molar-refractivity contribution in [3.05, 3.63) is 33.3 Å². The van der Waals surface area contributed by atoms with Gasteiger partial charge in [-0.1, -0.05) is 34.0 Å². The van der Waals surface area contributed by atoms with Crippen LogP contribution in [0.4, 0.5) is 0 Å². The van der Waals surface area contributed by atoms with Crippen LogP contribution >= 0.6 is 27.5 Å². The Bertz CT molecular complexity index is 480. The minimum absolute atomic E-state index is 0.255. The SMILES string of the molecule is NCC(c1cc(Br)ccc1Cl)N1CCCC2CCCC21. The average molecular weight is 358 g/mol. The van der Waals surface area contributed by atoms with Gasteiger partial charge in [0, 0.05) is 28.1 Å². The number of likely N-dealkylation sites (tertiary alicyclic amines) is 1. The van der Waals surface area contributed by atoms with Crippen LogP contribution in [0.1, 0.15) is 43.7 Å². The van der Waals surface area contributed by atoms with E-state index >= 15 is 0 Å². The minimum Gasteiger partial charge on any atom is -0.329 e. The van der Waals surface area contributed by atoms with Gasteiger partial charge in [0.05, 0.1) is 0 Å². The molecule has 1 saturated heterocycles. The second-order valence-corrected chi connectivity index (χ2v) is 7.38. The second kappa shape index (κ2) is 6.35. The highest BCUT2D eigenvalue weighted by Crippen LogP contribution is 2.41. The normalized spacial score (nSPS) is 28.4. The molecule has 0 spiro atoms. The summed E-state index contributed by atoms with van der Waals surface area (Å²) < 4.78 is 1.08. The Morgan fingerprint density at radius 2 is 2.10 bits per heavy atom. The fraction of sp³-hybridized carbons (Fsp3) is 0.625. The van der Waals surface area contributed by atoms with E-state index in [2.05, 4.69) is 26.9 Å². The third kappa shape index (κ3) is 2.78. The summed E-state index contributed by atoms with van der Waals surface area (Å²) in [5.41, 5.74) is 7.30. The van der Waals surface area contributed by atoms with Crippen LogP contribution in [0.2, 0.25) is 5.02 Å². The molecule has 0 aromatic heterocycles. The molecule has 3 rings (SSSR count).